The van der Waals surface area contributed by atoms with E-state index in [2.05, 4.69) is 55.8 Å². The molecule has 1 aromatic rings. The van der Waals surface area contributed by atoms with E-state index < -0.39 is 0 Å². The van der Waals surface area contributed by atoms with Crippen LogP contribution in [-0.2, 0) is 12.8 Å². The van der Waals surface area contributed by atoms with Crippen molar-refractivity contribution in [1.29, 1.82) is 0 Å². The van der Waals surface area contributed by atoms with Crippen LogP contribution in [-0.4, -0.2) is 4.83 Å². The van der Waals surface area contributed by atoms with E-state index in [-0.39, 0.29) is 0 Å². The second-order valence-electron chi connectivity index (χ2n) is 4.51. The summed E-state index contributed by atoms with van der Waals surface area (Å²) >= 11 is 5.70. The van der Waals surface area contributed by atoms with Crippen LogP contribution in [0, 0.1) is 11.8 Å². The van der Waals surface area contributed by atoms with Gasteiger partial charge >= 0.3 is 0 Å². The first-order valence-corrected chi connectivity index (χ1v) is 7.49. The smallest absolute Gasteiger partial charge is 0.0151 e. The molecule has 0 aliphatic carbocycles. The van der Waals surface area contributed by atoms with Crippen LogP contribution in [0.4, 0.5) is 0 Å². The fourth-order valence-corrected chi connectivity index (χ4v) is 3.71. The van der Waals surface area contributed by atoms with Gasteiger partial charge in [-0.1, -0.05) is 43.6 Å². The first-order valence-electron chi connectivity index (χ1n) is 5.76. The Hall–Kier alpha value is 0.180. The Bertz CT molecular complexity index is 280. The van der Waals surface area contributed by atoms with Crippen LogP contribution in [0.2, 0.25) is 0 Å². The van der Waals surface area contributed by atoms with E-state index in [1.165, 1.54) is 22.6 Å². The van der Waals surface area contributed by atoms with Gasteiger partial charge in [-0.3, -0.25) is 0 Å². The molecule has 0 aromatic carbocycles. The quantitative estimate of drug-likeness (QED) is 0.676. The summed E-state index contributed by atoms with van der Waals surface area (Å²) in [6.07, 6.45) is 2.38. The van der Waals surface area contributed by atoms with Crippen LogP contribution in [0.25, 0.3) is 0 Å². The molecule has 0 nitrogen and oxygen atoms in total. The van der Waals surface area contributed by atoms with Crippen LogP contribution < -0.4 is 0 Å². The van der Waals surface area contributed by atoms with Gasteiger partial charge in [0.2, 0.25) is 0 Å². The molecule has 0 spiro atoms. The zero-order valence-corrected chi connectivity index (χ0v) is 12.5. The molecule has 0 aliphatic rings. The third-order valence-electron chi connectivity index (χ3n) is 2.95. The third-order valence-corrected chi connectivity index (χ3v) is 4.88. The Labute approximate surface area is 106 Å². The van der Waals surface area contributed by atoms with Crippen LogP contribution in [0.5, 0.6) is 0 Å². The molecular weight excluding hydrogens is 268 g/mol. The largest absolute Gasteiger partial charge is 0.145 e. The van der Waals surface area contributed by atoms with Gasteiger partial charge in [0.05, 0.1) is 0 Å². The predicted molar refractivity (Wildman–Crippen MR) is 74.1 cm³/mol. The van der Waals surface area contributed by atoms with Crippen molar-refractivity contribution < 1.29 is 0 Å². The molecule has 15 heavy (non-hydrogen) atoms. The van der Waals surface area contributed by atoms with Crippen LogP contribution >= 0.6 is 27.3 Å². The summed E-state index contributed by atoms with van der Waals surface area (Å²) in [5.41, 5.74) is 0. The molecule has 0 fully saturated rings. The molecule has 0 amide bonds. The average Bonchev–Trinajstić information content (AvgIpc) is 2.60. The zero-order valence-electron chi connectivity index (χ0n) is 10.1. The number of hydrogen-bond acceptors (Lipinski definition) is 1. The topological polar surface area (TPSA) is 0 Å². The predicted octanol–water partition coefficient (Wildman–Crippen LogP) is 4.91. The summed E-state index contributed by atoms with van der Waals surface area (Å²) in [6, 6.07) is 4.57. The molecule has 2 atom stereocenters. The third kappa shape index (κ3) is 3.92. The van der Waals surface area contributed by atoms with Gasteiger partial charge in [-0.15, -0.1) is 11.3 Å². The molecule has 1 heterocycles. The van der Waals surface area contributed by atoms with Gasteiger partial charge in [0.25, 0.3) is 0 Å². The van der Waals surface area contributed by atoms with Gasteiger partial charge in [-0.2, -0.15) is 0 Å². The van der Waals surface area contributed by atoms with Gasteiger partial charge in [0, 0.05) is 14.6 Å². The van der Waals surface area contributed by atoms with Gasteiger partial charge in [-0.05, 0) is 36.8 Å². The van der Waals surface area contributed by atoms with E-state index in [4.69, 9.17) is 0 Å². The molecule has 0 N–H and O–H groups in total. The summed E-state index contributed by atoms with van der Waals surface area (Å²) in [7, 11) is 0. The molecule has 0 saturated heterocycles. The highest BCUT2D eigenvalue weighted by Gasteiger charge is 2.19. The molecule has 2 unspecified atom stereocenters. The highest BCUT2D eigenvalue weighted by atomic mass is 79.9. The number of hydrogen-bond donors (Lipinski definition) is 0. The Morgan fingerprint density at radius 3 is 2.20 bits per heavy atom. The maximum absolute atomic E-state index is 3.73. The van der Waals surface area contributed by atoms with Gasteiger partial charge < -0.3 is 0 Å². The van der Waals surface area contributed by atoms with Crippen molar-refractivity contribution in [2.45, 2.75) is 45.4 Å². The summed E-state index contributed by atoms with van der Waals surface area (Å²) in [6.45, 7) is 9.12. The monoisotopic (exact) mass is 288 g/mol. The van der Waals surface area contributed by atoms with Gasteiger partial charge in [0.15, 0.2) is 0 Å². The SMILES string of the molecule is CCc1ccc(CC(C(C)C)C(C)Br)s1. The van der Waals surface area contributed by atoms with E-state index in [1.54, 1.807) is 0 Å². The maximum Gasteiger partial charge on any atom is 0.0151 e. The Balaban J connectivity index is 2.65. The molecule has 0 aliphatic heterocycles. The molecule has 2 heteroatoms. The zero-order chi connectivity index (χ0) is 11.4. The fourth-order valence-electron chi connectivity index (χ4n) is 1.88. The summed E-state index contributed by atoms with van der Waals surface area (Å²) in [5, 5.41) is 0. The molecule has 0 bridgehead atoms. The van der Waals surface area contributed by atoms with E-state index in [0.29, 0.717) is 4.83 Å². The maximum atomic E-state index is 3.73. The Morgan fingerprint density at radius 1 is 1.20 bits per heavy atom. The van der Waals surface area contributed by atoms with Crippen molar-refractivity contribution >= 4 is 27.3 Å². The summed E-state index contributed by atoms with van der Waals surface area (Å²) in [4.78, 5) is 3.65. The lowest BCUT2D eigenvalue weighted by Gasteiger charge is -2.22. The molecule has 0 saturated carbocycles. The minimum absolute atomic E-state index is 0.602. The number of alkyl halides is 1. The van der Waals surface area contributed by atoms with Crippen LogP contribution in [0.3, 0.4) is 0 Å². The van der Waals surface area contributed by atoms with E-state index in [9.17, 15) is 0 Å². The van der Waals surface area contributed by atoms with Crippen molar-refractivity contribution in [3.8, 4) is 0 Å². The number of halogens is 1. The first-order chi connectivity index (χ1) is 7.04. The molecular formula is C13H21BrS. The minimum atomic E-state index is 0.602. The van der Waals surface area contributed by atoms with Crippen molar-refractivity contribution in [3.63, 3.8) is 0 Å². The highest BCUT2D eigenvalue weighted by Crippen LogP contribution is 2.28. The van der Waals surface area contributed by atoms with E-state index >= 15 is 0 Å². The highest BCUT2D eigenvalue weighted by molar-refractivity contribution is 9.09. The normalized spacial score (nSPS) is 15.6. The molecule has 1 rings (SSSR count). The van der Waals surface area contributed by atoms with Crippen molar-refractivity contribution in [3.05, 3.63) is 21.9 Å². The van der Waals surface area contributed by atoms with Crippen molar-refractivity contribution in [2.75, 3.05) is 0 Å². The van der Waals surface area contributed by atoms with Crippen molar-refractivity contribution in [1.82, 2.24) is 0 Å². The second-order valence-corrected chi connectivity index (χ2v) is 7.21. The molecule has 0 radical (unpaired) electrons. The van der Waals surface area contributed by atoms with Crippen molar-refractivity contribution in [2.24, 2.45) is 11.8 Å². The van der Waals surface area contributed by atoms with Gasteiger partial charge in [-0.25, -0.2) is 0 Å². The fraction of sp³-hybridized carbons (Fsp3) is 0.692. The molecule has 86 valence electrons. The van der Waals surface area contributed by atoms with E-state index in [1.807, 2.05) is 11.3 Å². The molecule has 1 aromatic heterocycles. The first kappa shape index (κ1) is 13.2. The average molecular weight is 289 g/mol. The number of aryl methyl sites for hydroxylation is 1. The lowest BCUT2D eigenvalue weighted by Crippen LogP contribution is -2.19. The number of thiophene rings is 1. The van der Waals surface area contributed by atoms with Crippen LogP contribution in [0.15, 0.2) is 12.1 Å². The minimum Gasteiger partial charge on any atom is -0.145 e. The number of rotatable bonds is 5. The van der Waals surface area contributed by atoms with Crippen LogP contribution in [0.1, 0.15) is 37.4 Å². The summed E-state index contributed by atoms with van der Waals surface area (Å²) < 4.78 is 0. The standard InChI is InChI=1S/C13H21BrS/c1-5-11-6-7-12(15-11)8-13(9(2)3)10(4)14/h6-7,9-10,13H,5,8H2,1-4H3. The lowest BCUT2D eigenvalue weighted by molar-refractivity contribution is 0.386. The summed E-state index contributed by atoms with van der Waals surface area (Å²) in [5.74, 6) is 1.49. The Kier molecular flexibility index (Phi) is 5.34. The van der Waals surface area contributed by atoms with Gasteiger partial charge in [0.1, 0.15) is 0 Å². The Morgan fingerprint density at radius 2 is 1.80 bits per heavy atom. The second kappa shape index (κ2) is 6.05. The lowest BCUT2D eigenvalue weighted by atomic mass is 9.89. The van der Waals surface area contributed by atoms with E-state index in [0.717, 1.165) is 11.8 Å².